The van der Waals surface area contributed by atoms with E-state index in [1.54, 1.807) is 0 Å². The van der Waals surface area contributed by atoms with Crippen LogP contribution in [0.3, 0.4) is 0 Å². The Morgan fingerprint density at radius 2 is 0.596 bits per heavy atom. The molecule has 0 aromatic heterocycles. The van der Waals surface area contributed by atoms with Crippen molar-refractivity contribution in [2.75, 3.05) is 0 Å². The van der Waals surface area contributed by atoms with Crippen LogP contribution < -0.4 is 25.0 Å². The Labute approximate surface area is 308 Å². The number of benzene rings is 7. The third kappa shape index (κ3) is 8.56. The number of hydrogen-bond acceptors (Lipinski definition) is 7. The van der Waals surface area contributed by atoms with Crippen molar-refractivity contribution in [2.45, 2.75) is 0 Å². The van der Waals surface area contributed by atoms with Crippen LogP contribution in [0.25, 0.3) is 0 Å². The minimum Gasteiger partial charge on any atom is -0.419 e. The van der Waals surface area contributed by atoms with Crippen LogP contribution in [0.4, 0.5) is 22.7 Å². The largest absolute Gasteiger partial charge is 0.419 e. The Kier molecular flexibility index (Phi) is 11.0. The maximum absolute atomic E-state index is 6.73. The summed E-state index contributed by atoms with van der Waals surface area (Å²) >= 11 is 6.45. The van der Waals surface area contributed by atoms with Crippen molar-refractivity contribution in [3.05, 3.63) is 200 Å². The van der Waals surface area contributed by atoms with Gasteiger partial charge in [-0.3, -0.25) is 0 Å². The van der Waals surface area contributed by atoms with E-state index >= 15 is 0 Å². The molecule has 7 aromatic rings. The van der Waals surface area contributed by atoms with Crippen LogP contribution in [0.5, 0.6) is 11.5 Å². The Bertz CT molecular complexity index is 2160. The van der Waals surface area contributed by atoms with Gasteiger partial charge in [-0.25, -0.2) is 0 Å². The van der Waals surface area contributed by atoms with Gasteiger partial charge in [-0.05, 0) is 72.8 Å². The van der Waals surface area contributed by atoms with Gasteiger partial charge in [-0.2, -0.15) is 25.0 Å². The molecule has 0 N–H and O–H groups in total. The first-order chi connectivity index (χ1) is 25.6. The molecule has 7 aromatic carbocycles. The average Bonchev–Trinajstić information content (AvgIpc) is 3.21. The van der Waals surface area contributed by atoms with Gasteiger partial charge in [0.15, 0.2) is 0 Å². The lowest BCUT2D eigenvalue weighted by Gasteiger charge is -2.30. The van der Waals surface area contributed by atoms with Crippen LogP contribution >= 0.6 is 13.7 Å². The Morgan fingerprint density at radius 1 is 0.327 bits per heavy atom. The summed E-state index contributed by atoms with van der Waals surface area (Å²) in [5.41, 5.74) is 2.87. The van der Waals surface area contributed by atoms with Gasteiger partial charge in [0, 0.05) is 27.7 Å². The van der Waals surface area contributed by atoms with E-state index in [-0.39, 0.29) is 0 Å². The van der Waals surface area contributed by atoms with Crippen molar-refractivity contribution in [2.24, 2.45) is 25.0 Å². The second-order valence-electron chi connectivity index (χ2n) is 11.4. The monoisotopic (exact) mass is 733 g/mol. The fraction of sp³-hybridized carbons (Fsp3) is 0. The summed E-state index contributed by atoms with van der Waals surface area (Å²) in [6.07, 6.45) is 0. The molecule has 254 valence electrons. The van der Waals surface area contributed by atoms with Crippen LogP contribution in [0.2, 0.25) is 0 Å². The molecular weight excluding hydrogens is 701 g/mol. The molecule has 10 heteroatoms. The van der Waals surface area contributed by atoms with Crippen molar-refractivity contribution < 1.29 is 9.05 Å². The zero-order valence-corrected chi connectivity index (χ0v) is 30.5. The molecular formula is C42H33N5O2P2S. The summed E-state index contributed by atoms with van der Waals surface area (Å²) in [7, 11) is -2.80. The van der Waals surface area contributed by atoms with E-state index in [9.17, 15) is 0 Å². The van der Waals surface area contributed by atoms with Crippen LogP contribution in [0.1, 0.15) is 0 Å². The van der Waals surface area contributed by atoms with E-state index in [1.165, 1.54) is 0 Å². The lowest BCUT2D eigenvalue weighted by molar-refractivity contribution is 0.489. The van der Waals surface area contributed by atoms with Crippen LogP contribution in [-0.2, 0) is 11.8 Å². The maximum Gasteiger partial charge on any atom is 0.413 e. The Balaban J connectivity index is 1.32. The van der Waals surface area contributed by atoms with Gasteiger partial charge in [0.2, 0.25) is 0 Å². The van der Waals surface area contributed by atoms with Gasteiger partial charge in [0.25, 0.3) is 0 Å². The molecule has 7 nitrogen and oxygen atoms in total. The van der Waals surface area contributed by atoms with E-state index in [0.29, 0.717) is 22.9 Å². The SMILES string of the molecule is S=P(N=P(c1ccccc1)(c1ccccc1)c1ccccc1)(Oc1ccc(N=Nc2ccccc2)cc1)Oc1ccc(N=Nc2ccccc2)cc1. The zero-order valence-electron chi connectivity index (χ0n) is 27.9. The fourth-order valence-electron chi connectivity index (χ4n) is 5.39. The van der Waals surface area contributed by atoms with E-state index in [0.717, 1.165) is 27.3 Å². The lowest BCUT2D eigenvalue weighted by atomic mass is 10.3. The molecule has 0 heterocycles. The molecule has 52 heavy (non-hydrogen) atoms. The van der Waals surface area contributed by atoms with Crippen LogP contribution in [0.15, 0.2) is 225 Å². The molecule has 0 aliphatic carbocycles. The molecule has 0 atom stereocenters. The van der Waals surface area contributed by atoms with Crippen molar-refractivity contribution in [1.82, 2.24) is 0 Å². The Morgan fingerprint density at radius 3 is 0.904 bits per heavy atom. The molecule has 0 saturated heterocycles. The number of hydrogen-bond donors (Lipinski definition) is 0. The maximum atomic E-state index is 6.73. The second kappa shape index (κ2) is 16.5. The minimum atomic E-state index is -3.54. The highest BCUT2D eigenvalue weighted by atomic mass is 32.5. The molecule has 0 saturated carbocycles. The highest BCUT2D eigenvalue weighted by Crippen LogP contribution is 2.61. The van der Waals surface area contributed by atoms with Gasteiger partial charge in [0.1, 0.15) is 11.5 Å². The number of azo groups is 2. The first kappa shape index (κ1) is 34.7. The van der Waals surface area contributed by atoms with Crippen molar-refractivity contribution >= 4 is 64.2 Å². The van der Waals surface area contributed by atoms with E-state index < -0.39 is 13.7 Å². The summed E-state index contributed by atoms with van der Waals surface area (Å²) in [5, 5.41) is 20.5. The number of rotatable bonds is 12. The summed E-state index contributed by atoms with van der Waals surface area (Å²) in [5.74, 6) is 1.01. The van der Waals surface area contributed by atoms with Crippen LogP contribution in [0, 0.1) is 0 Å². The van der Waals surface area contributed by atoms with Crippen molar-refractivity contribution in [3.8, 4) is 11.5 Å². The van der Waals surface area contributed by atoms with Gasteiger partial charge >= 0.3 is 6.64 Å². The molecule has 0 spiro atoms. The quantitative estimate of drug-likeness (QED) is 0.0926. The molecule has 0 fully saturated rings. The lowest BCUT2D eigenvalue weighted by Crippen LogP contribution is -2.25. The standard InChI is InChI=1S/C42H33N5O2P2S/c52-51(48-38-30-26-36(27-31-38)45-43-34-16-6-1-7-17-34,49-39-32-28-37(29-33-39)46-44-35-18-8-2-9-19-35)47-50(40-20-10-3-11-21-40,41-22-12-4-13-23-41)42-24-14-5-15-25-42/h1-33H. The topological polar surface area (TPSA) is 80.3 Å². The van der Waals surface area contributed by atoms with Gasteiger partial charge in [0.05, 0.1) is 29.8 Å². The third-order valence-corrected chi connectivity index (χ3v) is 14.9. The van der Waals surface area contributed by atoms with Crippen LogP contribution in [-0.4, -0.2) is 0 Å². The molecule has 0 bridgehead atoms. The Hall–Kier alpha value is -5.78. The predicted molar refractivity (Wildman–Crippen MR) is 217 cm³/mol. The zero-order chi connectivity index (χ0) is 35.5. The summed E-state index contributed by atoms with van der Waals surface area (Å²) in [6, 6.07) is 64.6. The summed E-state index contributed by atoms with van der Waals surface area (Å²) in [4.78, 5) is 0. The van der Waals surface area contributed by atoms with Gasteiger partial charge in [-0.15, -0.1) is 0 Å². The normalized spacial score (nSPS) is 12.7. The van der Waals surface area contributed by atoms with Gasteiger partial charge in [-0.1, -0.05) is 127 Å². The number of nitrogens with zero attached hydrogens (tertiary/aromatic N) is 5. The molecule has 0 radical (unpaired) electrons. The minimum absolute atomic E-state index is 0.506. The second-order valence-corrected chi connectivity index (χ2v) is 17.7. The first-order valence-corrected chi connectivity index (χ1v) is 20.8. The molecule has 0 aliphatic rings. The molecule has 0 amide bonds. The fourth-order valence-corrected chi connectivity index (χ4v) is 13.3. The summed E-state index contributed by atoms with van der Waals surface area (Å²) in [6.45, 7) is -3.54. The molecule has 0 unspecified atom stereocenters. The van der Waals surface area contributed by atoms with E-state index in [4.69, 9.17) is 25.4 Å². The van der Waals surface area contributed by atoms with E-state index in [1.807, 2.05) is 164 Å². The van der Waals surface area contributed by atoms with E-state index in [2.05, 4.69) is 56.9 Å². The van der Waals surface area contributed by atoms with Gasteiger partial charge < -0.3 is 9.05 Å². The van der Waals surface area contributed by atoms with Crippen molar-refractivity contribution in [3.63, 3.8) is 0 Å². The first-order valence-electron chi connectivity index (χ1n) is 16.5. The third-order valence-electron chi connectivity index (χ3n) is 7.82. The van der Waals surface area contributed by atoms with Crippen molar-refractivity contribution in [1.29, 1.82) is 0 Å². The molecule has 0 aliphatic heterocycles. The molecule has 7 rings (SSSR count). The predicted octanol–water partition coefficient (Wildman–Crippen LogP) is 12.4. The summed E-state index contributed by atoms with van der Waals surface area (Å²) < 4.78 is 19.1. The highest BCUT2D eigenvalue weighted by molar-refractivity contribution is 8.12. The highest BCUT2D eigenvalue weighted by Gasteiger charge is 2.34. The smallest absolute Gasteiger partial charge is 0.413 e. The average molecular weight is 734 g/mol.